The van der Waals surface area contributed by atoms with Crippen molar-refractivity contribution >= 4 is 28.1 Å². The third-order valence-electron chi connectivity index (χ3n) is 5.07. The van der Waals surface area contributed by atoms with Crippen molar-refractivity contribution in [3.63, 3.8) is 0 Å². The van der Waals surface area contributed by atoms with Gasteiger partial charge >= 0.3 is 0 Å². The number of rotatable bonds is 2. The molecule has 5 nitrogen and oxygen atoms in total. The van der Waals surface area contributed by atoms with Gasteiger partial charge in [0.1, 0.15) is 0 Å². The van der Waals surface area contributed by atoms with E-state index in [9.17, 15) is 0 Å². The lowest BCUT2D eigenvalue weighted by atomic mass is 10.0. The van der Waals surface area contributed by atoms with Crippen LogP contribution in [0.3, 0.4) is 0 Å². The van der Waals surface area contributed by atoms with Crippen LogP contribution in [0.15, 0.2) is 95.5 Å². The Morgan fingerprint density at radius 1 is 0.655 bits per heavy atom. The third-order valence-corrected chi connectivity index (χ3v) is 5.07. The highest BCUT2D eigenvalue weighted by molar-refractivity contribution is 5.95. The van der Waals surface area contributed by atoms with Gasteiger partial charge in [-0.2, -0.15) is 4.98 Å². The number of nitrogens with zero attached hydrogens (tertiary/aromatic N) is 3. The maximum Gasteiger partial charge on any atom is 0.275 e. The molecule has 0 unspecified atom stereocenters. The zero-order valence-corrected chi connectivity index (χ0v) is 15.3. The minimum atomic E-state index is 0.469. The highest BCUT2D eigenvalue weighted by Gasteiger charge is 2.28. The number of ether oxygens (including phenoxy) is 1. The summed E-state index contributed by atoms with van der Waals surface area (Å²) < 4.78 is 11.7. The van der Waals surface area contributed by atoms with E-state index in [-0.39, 0.29) is 0 Å². The van der Waals surface area contributed by atoms with Crippen molar-refractivity contribution in [1.29, 1.82) is 0 Å². The van der Waals surface area contributed by atoms with Gasteiger partial charge in [-0.1, -0.05) is 60.7 Å². The van der Waals surface area contributed by atoms with Gasteiger partial charge in [0.25, 0.3) is 11.8 Å². The second kappa shape index (κ2) is 6.21. The average molecular weight is 377 g/mol. The average Bonchev–Trinajstić information content (AvgIpc) is 3.26. The summed E-state index contributed by atoms with van der Waals surface area (Å²) in [5.41, 5.74) is 2.66. The molecule has 1 aliphatic rings. The molecule has 1 aromatic heterocycles. The van der Waals surface area contributed by atoms with Crippen LogP contribution in [-0.4, -0.2) is 10.1 Å². The van der Waals surface area contributed by atoms with Gasteiger partial charge in [-0.15, -0.1) is 0 Å². The van der Waals surface area contributed by atoms with Crippen LogP contribution in [-0.2, 0) is 0 Å². The minimum absolute atomic E-state index is 0.469. The van der Waals surface area contributed by atoms with E-state index in [1.807, 2.05) is 77.7 Å². The first kappa shape index (κ1) is 15.9. The van der Waals surface area contributed by atoms with Crippen LogP contribution in [0.5, 0.6) is 11.5 Å². The zero-order valence-electron chi connectivity index (χ0n) is 15.3. The summed E-state index contributed by atoms with van der Waals surface area (Å²) in [5.74, 6) is 2.46. The molecule has 0 bridgehead atoms. The first-order chi connectivity index (χ1) is 14.4. The Bertz CT molecular complexity index is 1310. The molecule has 138 valence electrons. The summed E-state index contributed by atoms with van der Waals surface area (Å²) in [6.07, 6.45) is 0. The van der Waals surface area contributed by atoms with E-state index in [2.05, 4.69) is 23.4 Å². The van der Waals surface area contributed by atoms with E-state index in [0.29, 0.717) is 11.8 Å². The summed E-state index contributed by atoms with van der Waals surface area (Å²) in [4.78, 5) is 6.71. The smallest absolute Gasteiger partial charge is 0.275 e. The molecule has 29 heavy (non-hydrogen) atoms. The summed E-state index contributed by atoms with van der Waals surface area (Å²) >= 11 is 0. The van der Waals surface area contributed by atoms with Crippen molar-refractivity contribution in [3.8, 4) is 23.0 Å². The number of aromatic nitrogens is 2. The van der Waals surface area contributed by atoms with Crippen molar-refractivity contribution in [2.75, 3.05) is 4.90 Å². The summed E-state index contributed by atoms with van der Waals surface area (Å²) in [5, 5.41) is 6.51. The van der Waals surface area contributed by atoms with Crippen LogP contribution < -0.4 is 9.64 Å². The predicted octanol–water partition coefficient (Wildman–Crippen LogP) is 6.47. The Labute approximate surface area is 166 Å². The molecule has 5 aromatic rings. The Balaban J connectivity index is 1.52. The fourth-order valence-electron chi connectivity index (χ4n) is 3.75. The van der Waals surface area contributed by atoms with Crippen molar-refractivity contribution in [3.05, 3.63) is 91.0 Å². The predicted molar refractivity (Wildman–Crippen MR) is 112 cm³/mol. The Morgan fingerprint density at radius 2 is 1.31 bits per heavy atom. The summed E-state index contributed by atoms with van der Waals surface area (Å²) in [6, 6.07) is 29.9. The van der Waals surface area contributed by atoms with Gasteiger partial charge in [0.15, 0.2) is 11.5 Å². The summed E-state index contributed by atoms with van der Waals surface area (Å²) in [6.45, 7) is 0. The standard InChI is InChI=1S/C24H15N3O2/c1-2-10-17-16(8-1)9-7-11-18(17)23-25-24(26-29-23)27-19-12-3-5-14-21(19)28-22-15-6-4-13-20(22)27/h1-15H. The molecule has 0 N–H and O–H groups in total. The number of hydrogen-bond donors (Lipinski definition) is 0. The molecule has 2 heterocycles. The number of benzene rings is 4. The number of fused-ring (bicyclic) bond motifs is 3. The van der Waals surface area contributed by atoms with E-state index in [1.165, 1.54) is 0 Å². The van der Waals surface area contributed by atoms with Gasteiger partial charge < -0.3 is 9.26 Å². The molecule has 0 saturated carbocycles. The Kier molecular flexibility index (Phi) is 3.40. The first-order valence-corrected chi connectivity index (χ1v) is 9.36. The molecule has 0 saturated heterocycles. The van der Waals surface area contributed by atoms with Crippen LogP contribution in [0.25, 0.3) is 22.2 Å². The molecular formula is C24H15N3O2. The second-order valence-corrected chi connectivity index (χ2v) is 6.80. The molecule has 4 aromatic carbocycles. The molecule has 0 atom stereocenters. The van der Waals surface area contributed by atoms with Gasteiger partial charge in [-0.05, 0) is 46.3 Å². The SMILES string of the molecule is c1ccc2c(c1)Oc1ccccc1N2c1noc(-c2cccc3ccccc23)n1. The quantitative estimate of drug-likeness (QED) is 0.346. The van der Waals surface area contributed by atoms with E-state index >= 15 is 0 Å². The van der Waals surface area contributed by atoms with Crippen LogP contribution in [0.4, 0.5) is 17.3 Å². The monoisotopic (exact) mass is 377 g/mol. The van der Waals surface area contributed by atoms with E-state index < -0.39 is 0 Å². The lowest BCUT2D eigenvalue weighted by Crippen LogP contribution is -2.16. The maximum atomic E-state index is 6.05. The van der Waals surface area contributed by atoms with Crippen LogP contribution in [0, 0.1) is 0 Å². The lowest BCUT2D eigenvalue weighted by molar-refractivity contribution is 0.430. The highest BCUT2D eigenvalue weighted by atomic mass is 16.5. The molecule has 0 fully saturated rings. The molecular weight excluding hydrogens is 362 g/mol. The highest BCUT2D eigenvalue weighted by Crippen LogP contribution is 2.49. The fraction of sp³-hybridized carbons (Fsp3) is 0. The molecule has 1 aliphatic heterocycles. The van der Waals surface area contributed by atoms with Crippen molar-refractivity contribution in [1.82, 2.24) is 10.1 Å². The molecule has 6 rings (SSSR count). The molecule has 0 aliphatic carbocycles. The minimum Gasteiger partial charge on any atom is -0.453 e. The van der Waals surface area contributed by atoms with Gasteiger partial charge in [0, 0.05) is 5.56 Å². The van der Waals surface area contributed by atoms with E-state index in [4.69, 9.17) is 14.2 Å². The molecule has 0 amide bonds. The second-order valence-electron chi connectivity index (χ2n) is 6.80. The van der Waals surface area contributed by atoms with Gasteiger partial charge in [0.05, 0.1) is 11.4 Å². The fourth-order valence-corrected chi connectivity index (χ4v) is 3.75. The van der Waals surface area contributed by atoms with Crippen LogP contribution >= 0.6 is 0 Å². The van der Waals surface area contributed by atoms with Crippen LogP contribution in [0.1, 0.15) is 0 Å². The molecule has 5 heteroatoms. The zero-order chi connectivity index (χ0) is 19.2. The molecule has 0 spiro atoms. The van der Waals surface area contributed by atoms with E-state index in [0.717, 1.165) is 39.2 Å². The topological polar surface area (TPSA) is 51.4 Å². The van der Waals surface area contributed by atoms with Crippen molar-refractivity contribution in [2.24, 2.45) is 0 Å². The van der Waals surface area contributed by atoms with Crippen molar-refractivity contribution in [2.45, 2.75) is 0 Å². The molecule has 0 radical (unpaired) electrons. The van der Waals surface area contributed by atoms with Gasteiger partial charge in [-0.3, -0.25) is 4.90 Å². The summed E-state index contributed by atoms with van der Waals surface area (Å²) in [7, 11) is 0. The van der Waals surface area contributed by atoms with Crippen molar-refractivity contribution < 1.29 is 9.26 Å². The van der Waals surface area contributed by atoms with E-state index in [1.54, 1.807) is 0 Å². The Morgan fingerprint density at radius 3 is 2.10 bits per heavy atom. The normalized spacial score (nSPS) is 12.3. The van der Waals surface area contributed by atoms with Gasteiger partial charge in [-0.25, -0.2) is 0 Å². The van der Waals surface area contributed by atoms with Crippen LogP contribution in [0.2, 0.25) is 0 Å². The lowest BCUT2D eigenvalue weighted by Gasteiger charge is -2.29. The Hall–Kier alpha value is -4.12. The largest absolute Gasteiger partial charge is 0.453 e. The maximum absolute atomic E-state index is 6.05. The number of para-hydroxylation sites is 4. The number of hydrogen-bond acceptors (Lipinski definition) is 5. The number of anilines is 3. The first-order valence-electron chi connectivity index (χ1n) is 9.36. The third kappa shape index (κ3) is 2.48. The van der Waals surface area contributed by atoms with Gasteiger partial charge in [0.2, 0.25) is 0 Å².